The number of hydrogen-bond acceptors (Lipinski definition) is 4. The number of hydrogen-bond donors (Lipinski definition) is 2. The number of rotatable bonds is 6. The largest absolute Gasteiger partial charge is 0.465 e. The highest BCUT2D eigenvalue weighted by atomic mass is 32.1. The maximum absolute atomic E-state index is 12.2. The monoisotopic (exact) mass is 410 g/mol. The molecule has 0 aliphatic rings. The van der Waals surface area contributed by atoms with Gasteiger partial charge in [-0.25, -0.2) is 4.79 Å². The third-order valence-corrected chi connectivity index (χ3v) is 5.51. The van der Waals surface area contributed by atoms with Gasteiger partial charge in [-0.3, -0.25) is 0 Å². The van der Waals surface area contributed by atoms with Gasteiger partial charge in [0.2, 0.25) is 0 Å². The van der Waals surface area contributed by atoms with Crippen molar-refractivity contribution < 1.29 is 9.53 Å². The van der Waals surface area contributed by atoms with Crippen LogP contribution in [0.15, 0.2) is 60.7 Å². The van der Waals surface area contributed by atoms with Crippen LogP contribution >= 0.6 is 23.6 Å². The zero-order chi connectivity index (χ0) is 19.9. The summed E-state index contributed by atoms with van der Waals surface area (Å²) in [6.07, 6.45) is 0.751. The molecule has 0 fully saturated rings. The quantitative estimate of drug-likeness (QED) is 0.446. The Bertz CT molecular complexity index is 950. The van der Waals surface area contributed by atoms with Crippen LogP contribution in [0.1, 0.15) is 31.9 Å². The second-order valence-electron chi connectivity index (χ2n) is 6.40. The second kappa shape index (κ2) is 9.48. The number of thiophene rings is 1. The van der Waals surface area contributed by atoms with Gasteiger partial charge in [-0.15, -0.1) is 11.3 Å². The molecule has 0 saturated heterocycles. The molecular weight excluding hydrogens is 388 g/mol. The number of carbonyl (C=O) groups excluding carboxylic acids is 1. The molecule has 4 nitrogen and oxygen atoms in total. The van der Waals surface area contributed by atoms with Crippen molar-refractivity contribution in [3.63, 3.8) is 0 Å². The predicted octanol–water partition coefficient (Wildman–Crippen LogP) is 4.92. The average molecular weight is 411 g/mol. The minimum Gasteiger partial charge on any atom is -0.465 e. The normalized spacial score (nSPS) is 10.4. The molecule has 0 saturated carbocycles. The summed E-state index contributed by atoms with van der Waals surface area (Å²) >= 11 is 6.93. The molecular formula is C22H22N2O2S2. The first-order chi connectivity index (χ1) is 13.5. The van der Waals surface area contributed by atoms with Gasteiger partial charge in [0.15, 0.2) is 5.11 Å². The van der Waals surface area contributed by atoms with E-state index in [9.17, 15) is 4.79 Å². The summed E-state index contributed by atoms with van der Waals surface area (Å²) in [7, 11) is 1.38. The molecule has 0 bridgehead atoms. The number of anilines is 1. The lowest BCUT2D eigenvalue weighted by Gasteiger charge is -2.10. The van der Waals surface area contributed by atoms with Crippen LogP contribution in [0, 0.1) is 6.92 Å². The van der Waals surface area contributed by atoms with Gasteiger partial charge in [0.25, 0.3) is 0 Å². The van der Waals surface area contributed by atoms with Gasteiger partial charge in [0.1, 0.15) is 5.00 Å². The van der Waals surface area contributed by atoms with Crippen LogP contribution in [-0.2, 0) is 17.7 Å². The summed E-state index contributed by atoms with van der Waals surface area (Å²) in [5, 5.41) is 7.50. The van der Waals surface area contributed by atoms with Crippen LogP contribution in [0.25, 0.3) is 0 Å². The molecule has 6 heteroatoms. The fourth-order valence-electron chi connectivity index (χ4n) is 2.72. The number of nitrogens with one attached hydrogen (secondary N) is 2. The van der Waals surface area contributed by atoms with Gasteiger partial charge < -0.3 is 15.4 Å². The first-order valence-electron chi connectivity index (χ1n) is 8.90. The van der Waals surface area contributed by atoms with Crippen molar-refractivity contribution in [3.05, 3.63) is 87.8 Å². The van der Waals surface area contributed by atoms with Crippen LogP contribution in [-0.4, -0.2) is 18.2 Å². The first-order valence-corrected chi connectivity index (χ1v) is 10.1. The van der Waals surface area contributed by atoms with E-state index in [0.717, 1.165) is 16.9 Å². The number of thiocarbonyl (C=S) groups is 1. The van der Waals surface area contributed by atoms with Crippen molar-refractivity contribution in [1.82, 2.24) is 5.32 Å². The molecule has 3 rings (SSSR count). The highest BCUT2D eigenvalue weighted by Crippen LogP contribution is 2.30. The van der Waals surface area contributed by atoms with Crippen molar-refractivity contribution in [3.8, 4) is 0 Å². The minimum absolute atomic E-state index is 0.376. The lowest BCUT2D eigenvalue weighted by atomic mass is 10.1. The molecule has 0 aliphatic heterocycles. The standard InChI is InChI=1S/C22H22N2O2S2/c1-15-8-10-17(11-9-15)14-23-22(27)24-20-19(21(25)26-2)13-18(28-20)12-16-6-4-3-5-7-16/h3-11,13H,12,14H2,1-2H3,(H2,23,24,27). The van der Waals surface area contributed by atoms with E-state index in [1.54, 1.807) is 0 Å². The Hall–Kier alpha value is -2.70. The molecule has 2 N–H and O–H groups in total. The van der Waals surface area contributed by atoms with Gasteiger partial charge >= 0.3 is 5.97 Å². The van der Waals surface area contributed by atoms with Crippen molar-refractivity contribution in [2.75, 3.05) is 12.4 Å². The fourth-order valence-corrected chi connectivity index (χ4v) is 4.04. The Kier molecular flexibility index (Phi) is 6.79. The molecule has 3 aromatic rings. The van der Waals surface area contributed by atoms with E-state index in [-0.39, 0.29) is 5.97 Å². The summed E-state index contributed by atoms with van der Waals surface area (Å²) in [4.78, 5) is 13.2. The highest BCUT2D eigenvalue weighted by molar-refractivity contribution is 7.80. The summed E-state index contributed by atoms with van der Waals surface area (Å²) in [6, 6.07) is 20.3. The minimum atomic E-state index is -0.376. The third kappa shape index (κ3) is 5.41. The molecule has 0 aliphatic carbocycles. The van der Waals surface area contributed by atoms with Gasteiger partial charge in [0, 0.05) is 17.8 Å². The number of methoxy groups -OCH3 is 1. The van der Waals surface area contributed by atoms with E-state index < -0.39 is 0 Å². The Morgan fingerprint density at radius 3 is 2.46 bits per heavy atom. The molecule has 0 atom stereocenters. The number of esters is 1. The lowest BCUT2D eigenvalue weighted by molar-refractivity contribution is 0.0602. The summed E-state index contributed by atoms with van der Waals surface area (Å²) in [5.74, 6) is -0.376. The second-order valence-corrected chi connectivity index (χ2v) is 7.95. The zero-order valence-corrected chi connectivity index (χ0v) is 17.5. The van der Waals surface area contributed by atoms with Crippen molar-refractivity contribution >= 4 is 39.6 Å². The van der Waals surface area contributed by atoms with E-state index in [4.69, 9.17) is 17.0 Å². The van der Waals surface area contributed by atoms with Crippen LogP contribution in [0.4, 0.5) is 5.00 Å². The Morgan fingerprint density at radius 1 is 1.07 bits per heavy atom. The Morgan fingerprint density at radius 2 is 1.79 bits per heavy atom. The predicted molar refractivity (Wildman–Crippen MR) is 119 cm³/mol. The van der Waals surface area contributed by atoms with Crippen LogP contribution in [0.2, 0.25) is 0 Å². The molecule has 0 spiro atoms. The van der Waals surface area contributed by atoms with E-state index in [2.05, 4.69) is 54.0 Å². The fraction of sp³-hybridized carbons (Fsp3) is 0.182. The summed E-state index contributed by atoms with van der Waals surface area (Å²) in [5.41, 5.74) is 4.04. The number of benzene rings is 2. The smallest absolute Gasteiger partial charge is 0.340 e. The van der Waals surface area contributed by atoms with E-state index in [1.807, 2.05) is 24.3 Å². The van der Waals surface area contributed by atoms with E-state index >= 15 is 0 Å². The Labute approximate surface area is 174 Å². The average Bonchev–Trinajstić information content (AvgIpc) is 3.09. The first kappa shape index (κ1) is 20.0. The third-order valence-electron chi connectivity index (χ3n) is 4.21. The van der Waals surface area contributed by atoms with E-state index in [1.165, 1.54) is 29.6 Å². The molecule has 1 heterocycles. The topological polar surface area (TPSA) is 50.4 Å². The maximum atomic E-state index is 12.2. The summed E-state index contributed by atoms with van der Waals surface area (Å²) < 4.78 is 4.93. The molecule has 0 radical (unpaired) electrons. The van der Waals surface area contributed by atoms with Gasteiger partial charge in [0.05, 0.1) is 12.7 Å². The number of aryl methyl sites for hydroxylation is 1. The van der Waals surface area contributed by atoms with E-state index in [0.29, 0.717) is 22.2 Å². The van der Waals surface area contributed by atoms with Crippen molar-refractivity contribution in [1.29, 1.82) is 0 Å². The highest BCUT2D eigenvalue weighted by Gasteiger charge is 2.18. The molecule has 1 aromatic heterocycles. The van der Waals surface area contributed by atoms with Crippen LogP contribution < -0.4 is 10.6 Å². The molecule has 0 unspecified atom stereocenters. The maximum Gasteiger partial charge on any atom is 0.340 e. The van der Waals surface area contributed by atoms with Gasteiger partial charge in [-0.05, 0) is 36.3 Å². The SMILES string of the molecule is COC(=O)c1cc(Cc2ccccc2)sc1NC(=S)NCc1ccc(C)cc1. The summed E-state index contributed by atoms with van der Waals surface area (Å²) in [6.45, 7) is 2.67. The lowest BCUT2D eigenvalue weighted by Crippen LogP contribution is -2.28. The van der Waals surface area contributed by atoms with Crippen molar-refractivity contribution in [2.24, 2.45) is 0 Å². The van der Waals surface area contributed by atoms with Gasteiger partial charge in [-0.1, -0.05) is 60.2 Å². The number of carbonyl (C=O) groups is 1. The zero-order valence-electron chi connectivity index (χ0n) is 15.8. The molecule has 2 aromatic carbocycles. The van der Waals surface area contributed by atoms with Crippen molar-refractivity contribution in [2.45, 2.75) is 19.9 Å². The molecule has 0 amide bonds. The van der Waals surface area contributed by atoms with Gasteiger partial charge in [-0.2, -0.15) is 0 Å². The Balaban J connectivity index is 1.69. The molecule has 144 valence electrons. The van der Waals surface area contributed by atoms with Crippen LogP contribution in [0.5, 0.6) is 0 Å². The number of ether oxygens (including phenoxy) is 1. The molecule has 28 heavy (non-hydrogen) atoms. The van der Waals surface area contributed by atoms with Crippen LogP contribution in [0.3, 0.4) is 0 Å².